The first-order valence-electron chi connectivity index (χ1n) is 6.69. The third kappa shape index (κ3) is 3.56. The molecule has 1 aliphatic carbocycles. The van der Waals surface area contributed by atoms with Crippen LogP contribution in [0.5, 0.6) is 0 Å². The molecule has 1 saturated carbocycles. The van der Waals surface area contributed by atoms with Crippen LogP contribution in [0.25, 0.3) is 0 Å². The van der Waals surface area contributed by atoms with Gasteiger partial charge < -0.3 is 15.7 Å². The van der Waals surface area contributed by atoms with E-state index < -0.39 is 17.8 Å². The van der Waals surface area contributed by atoms with Crippen molar-refractivity contribution in [1.82, 2.24) is 9.88 Å². The second-order valence-corrected chi connectivity index (χ2v) is 5.22. The van der Waals surface area contributed by atoms with E-state index >= 15 is 0 Å². The van der Waals surface area contributed by atoms with Crippen molar-refractivity contribution in [3.63, 3.8) is 0 Å². The lowest BCUT2D eigenvalue weighted by Gasteiger charge is -2.24. The van der Waals surface area contributed by atoms with Gasteiger partial charge >= 0.3 is 5.97 Å². The Balaban J connectivity index is 2.14. The molecule has 112 valence electrons. The molecule has 7 nitrogen and oxygen atoms in total. The summed E-state index contributed by atoms with van der Waals surface area (Å²) in [6.45, 7) is 1.71. The van der Waals surface area contributed by atoms with Crippen molar-refractivity contribution in [2.24, 2.45) is 11.7 Å². The molecule has 1 heterocycles. The van der Waals surface area contributed by atoms with Crippen LogP contribution in [-0.2, 0) is 4.79 Å². The number of rotatable bonds is 6. The van der Waals surface area contributed by atoms with Crippen molar-refractivity contribution >= 4 is 17.8 Å². The van der Waals surface area contributed by atoms with Crippen molar-refractivity contribution in [2.45, 2.75) is 25.8 Å². The number of nitrogens with zero attached hydrogens (tertiary/aromatic N) is 2. The summed E-state index contributed by atoms with van der Waals surface area (Å²) < 4.78 is 0. The van der Waals surface area contributed by atoms with E-state index in [4.69, 9.17) is 10.8 Å². The molecule has 1 unspecified atom stereocenters. The molecule has 0 spiro atoms. The van der Waals surface area contributed by atoms with Crippen LogP contribution in [0, 0.1) is 5.92 Å². The highest BCUT2D eigenvalue weighted by molar-refractivity contribution is 5.95. The molecule has 3 N–H and O–H groups in total. The van der Waals surface area contributed by atoms with Gasteiger partial charge in [-0.1, -0.05) is 6.92 Å². The predicted molar refractivity (Wildman–Crippen MR) is 73.6 cm³/mol. The van der Waals surface area contributed by atoms with Crippen molar-refractivity contribution in [1.29, 1.82) is 0 Å². The predicted octanol–water partition coefficient (Wildman–Crippen LogP) is 0.506. The number of carbonyl (C=O) groups excluding carboxylic acids is 2. The highest BCUT2D eigenvalue weighted by Gasteiger charge is 2.35. The summed E-state index contributed by atoms with van der Waals surface area (Å²) in [7, 11) is 0. The summed E-state index contributed by atoms with van der Waals surface area (Å²) in [4.78, 5) is 39.8. The number of pyridine rings is 1. The Morgan fingerprint density at radius 3 is 2.52 bits per heavy atom. The Kier molecular flexibility index (Phi) is 4.21. The Labute approximate surface area is 121 Å². The number of primary amides is 1. The lowest BCUT2D eigenvalue weighted by Crippen LogP contribution is -2.39. The molecule has 1 fully saturated rings. The summed E-state index contributed by atoms with van der Waals surface area (Å²) in [5.41, 5.74) is 5.53. The summed E-state index contributed by atoms with van der Waals surface area (Å²) in [5, 5.41) is 8.98. The maximum Gasteiger partial charge on any atom is 0.308 e. The van der Waals surface area contributed by atoms with E-state index in [-0.39, 0.29) is 29.8 Å². The minimum Gasteiger partial charge on any atom is -0.481 e. The minimum atomic E-state index is -0.939. The van der Waals surface area contributed by atoms with Gasteiger partial charge in [-0.25, -0.2) is 0 Å². The first-order valence-corrected chi connectivity index (χ1v) is 6.69. The van der Waals surface area contributed by atoms with Gasteiger partial charge in [0.15, 0.2) is 0 Å². The van der Waals surface area contributed by atoms with Crippen LogP contribution >= 0.6 is 0 Å². The monoisotopic (exact) mass is 291 g/mol. The first-order chi connectivity index (χ1) is 9.90. The molecule has 21 heavy (non-hydrogen) atoms. The lowest BCUT2D eigenvalue weighted by molar-refractivity contribution is -0.141. The molecule has 2 rings (SSSR count). The fourth-order valence-electron chi connectivity index (χ4n) is 1.97. The second kappa shape index (κ2) is 5.90. The van der Waals surface area contributed by atoms with Gasteiger partial charge in [-0.15, -0.1) is 0 Å². The van der Waals surface area contributed by atoms with E-state index in [9.17, 15) is 14.4 Å². The molecule has 0 bridgehead atoms. The molecule has 1 atom stereocenters. The van der Waals surface area contributed by atoms with Crippen LogP contribution < -0.4 is 5.73 Å². The van der Waals surface area contributed by atoms with Gasteiger partial charge in [0.05, 0.1) is 11.5 Å². The maximum absolute atomic E-state index is 12.4. The third-order valence-electron chi connectivity index (χ3n) is 3.41. The summed E-state index contributed by atoms with van der Waals surface area (Å²) >= 11 is 0. The van der Waals surface area contributed by atoms with Gasteiger partial charge in [0.1, 0.15) is 5.69 Å². The van der Waals surface area contributed by atoms with E-state index in [0.29, 0.717) is 0 Å². The summed E-state index contributed by atoms with van der Waals surface area (Å²) in [6.07, 6.45) is 3.00. The van der Waals surface area contributed by atoms with Crippen molar-refractivity contribution < 1.29 is 19.5 Å². The fourth-order valence-corrected chi connectivity index (χ4v) is 1.97. The Morgan fingerprint density at radius 2 is 2.10 bits per heavy atom. The number of aliphatic carboxylic acids is 1. The number of hydrogen-bond acceptors (Lipinski definition) is 4. The van der Waals surface area contributed by atoms with Crippen LogP contribution in [0.4, 0.5) is 0 Å². The van der Waals surface area contributed by atoms with Crippen LogP contribution in [-0.4, -0.2) is 45.4 Å². The molecular formula is C14H17N3O4. The number of carboxylic acids is 1. The third-order valence-corrected chi connectivity index (χ3v) is 3.41. The molecule has 0 aromatic carbocycles. The largest absolute Gasteiger partial charge is 0.481 e. The highest BCUT2D eigenvalue weighted by Crippen LogP contribution is 2.28. The Hall–Kier alpha value is -2.44. The van der Waals surface area contributed by atoms with Gasteiger partial charge in [-0.3, -0.25) is 19.4 Å². The van der Waals surface area contributed by atoms with Crippen molar-refractivity contribution in [2.75, 3.05) is 6.54 Å². The van der Waals surface area contributed by atoms with Gasteiger partial charge in [-0.05, 0) is 25.0 Å². The first kappa shape index (κ1) is 15.0. The van der Waals surface area contributed by atoms with Gasteiger partial charge in [0, 0.05) is 18.8 Å². The van der Waals surface area contributed by atoms with E-state index in [1.807, 2.05) is 0 Å². The van der Waals surface area contributed by atoms with Crippen LogP contribution in [0.3, 0.4) is 0 Å². The molecule has 0 radical (unpaired) electrons. The molecule has 2 amide bonds. The SMILES string of the molecule is CC(CN(C(=O)c1ccc(C(N)=O)cn1)C1CC1)C(=O)O. The van der Waals surface area contributed by atoms with Crippen molar-refractivity contribution in [3.8, 4) is 0 Å². The second-order valence-electron chi connectivity index (χ2n) is 5.22. The van der Waals surface area contributed by atoms with E-state index in [1.165, 1.54) is 18.3 Å². The van der Waals surface area contributed by atoms with Crippen LogP contribution in [0.1, 0.15) is 40.6 Å². The Bertz CT molecular complexity index is 566. The minimum absolute atomic E-state index is 0.0805. The smallest absolute Gasteiger partial charge is 0.308 e. The molecule has 0 aliphatic heterocycles. The lowest BCUT2D eigenvalue weighted by atomic mass is 10.1. The maximum atomic E-state index is 12.4. The zero-order valence-corrected chi connectivity index (χ0v) is 11.7. The van der Waals surface area contributed by atoms with E-state index in [0.717, 1.165) is 12.8 Å². The van der Waals surface area contributed by atoms with Crippen LogP contribution in [0.2, 0.25) is 0 Å². The zero-order valence-electron chi connectivity index (χ0n) is 11.7. The quantitative estimate of drug-likeness (QED) is 0.792. The topological polar surface area (TPSA) is 114 Å². The molecule has 1 aromatic heterocycles. The number of aromatic nitrogens is 1. The van der Waals surface area contributed by atoms with Gasteiger partial charge in [0.25, 0.3) is 5.91 Å². The normalized spacial score (nSPS) is 15.3. The molecule has 7 heteroatoms. The zero-order chi connectivity index (χ0) is 15.6. The number of amides is 2. The van der Waals surface area contributed by atoms with Crippen molar-refractivity contribution in [3.05, 3.63) is 29.6 Å². The standard InChI is InChI=1S/C14H17N3O4/c1-8(14(20)21)7-17(10-3-4-10)13(19)11-5-2-9(6-16-11)12(15)18/h2,5-6,8,10H,3-4,7H2,1H3,(H2,15,18)(H,20,21). The molecular weight excluding hydrogens is 274 g/mol. The summed E-state index contributed by atoms with van der Waals surface area (Å²) in [6, 6.07) is 2.95. The number of carboxylic acid groups (broad SMARTS) is 1. The Morgan fingerprint density at radius 1 is 1.43 bits per heavy atom. The number of hydrogen-bond donors (Lipinski definition) is 2. The average molecular weight is 291 g/mol. The summed E-state index contributed by atoms with van der Waals surface area (Å²) in [5.74, 6) is -2.51. The molecule has 1 aliphatic rings. The molecule has 1 aromatic rings. The van der Waals surface area contributed by atoms with Gasteiger partial charge in [0.2, 0.25) is 5.91 Å². The molecule has 0 saturated heterocycles. The van der Waals surface area contributed by atoms with E-state index in [2.05, 4.69) is 4.98 Å². The fraction of sp³-hybridized carbons (Fsp3) is 0.429. The average Bonchev–Trinajstić information content (AvgIpc) is 3.28. The highest BCUT2D eigenvalue weighted by atomic mass is 16.4. The number of carbonyl (C=O) groups is 3. The van der Waals surface area contributed by atoms with E-state index in [1.54, 1.807) is 11.8 Å². The number of nitrogens with two attached hydrogens (primary N) is 1. The van der Waals surface area contributed by atoms with Crippen LogP contribution in [0.15, 0.2) is 18.3 Å². The van der Waals surface area contributed by atoms with Gasteiger partial charge in [-0.2, -0.15) is 0 Å².